The van der Waals surface area contributed by atoms with Gasteiger partial charge in [-0.3, -0.25) is 9.80 Å². The molecule has 1 saturated heterocycles. The van der Waals surface area contributed by atoms with E-state index in [1.807, 2.05) is 24.3 Å². The van der Waals surface area contributed by atoms with Crippen molar-refractivity contribution in [2.45, 2.75) is 32.7 Å². The normalized spacial score (nSPS) is 17.6. The second-order valence-electron chi connectivity index (χ2n) is 6.98. The fourth-order valence-corrected chi connectivity index (χ4v) is 3.22. The Hall–Kier alpha value is -1.63. The molecule has 1 unspecified atom stereocenters. The molecule has 1 aromatic carbocycles. The molecule has 3 rings (SSSR count). The minimum atomic E-state index is 0.150. The summed E-state index contributed by atoms with van der Waals surface area (Å²) in [6.45, 7) is 11.8. The number of para-hydroxylation sites is 1. The van der Waals surface area contributed by atoms with Gasteiger partial charge in [-0.1, -0.05) is 42.7 Å². The van der Waals surface area contributed by atoms with Gasteiger partial charge in [0.05, 0.1) is 11.1 Å². The smallest absolute Gasteiger partial charge is 0.243 e. The third kappa shape index (κ3) is 4.75. The van der Waals surface area contributed by atoms with Crippen LogP contribution >= 0.6 is 11.6 Å². The molecule has 1 aliphatic rings. The van der Waals surface area contributed by atoms with Gasteiger partial charge in [-0.05, 0) is 19.1 Å². The highest BCUT2D eigenvalue weighted by Crippen LogP contribution is 2.24. The Labute approximate surface area is 160 Å². The standard InChI is InChI=1S/C19H27ClN4O2/c1-14(2)18-21-19(26-22-18)15(3)24-10-8-23(9-11-24)12-13-25-17-7-5-4-6-16(17)20/h4-7,14-15H,8-13H2,1-3H3. The van der Waals surface area contributed by atoms with Crippen LogP contribution in [0.4, 0.5) is 0 Å². The van der Waals surface area contributed by atoms with E-state index in [1.54, 1.807) is 0 Å². The molecule has 7 heteroatoms. The first-order valence-electron chi connectivity index (χ1n) is 9.22. The van der Waals surface area contributed by atoms with Crippen molar-refractivity contribution in [2.75, 3.05) is 39.3 Å². The summed E-state index contributed by atoms with van der Waals surface area (Å²) in [5.41, 5.74) is 0. The average molecular weight is 379 g/mol. The van der Waals surface area contributed by atoms with Crippen LogP contribution in [-0.2, 0) is 0 Å². The zero-order chi connectivity index (χ0) is 18.5. The molecule has 0 aliphatic carbocycles. The number of nitrogens with zero attached hydrogens (tertiary/aromatic N) is 4. The van der Waals surface area contributed by atoms with Crippen molar-refractivity contribution >= 4 is 11.6 Å². The van der Waals surface area contributed by atoms with Crippen molar-refractivity contribution in [2.24, 2.45) is 0 Å². The van der Waals surface area contributed by atoms with Crippen molar-refractivity contribution in [1.82, 2.24) is 19.9 Å². The van der Waals surface area contributed by atoms with Gasteiger partial charge in [0.2, 0.25) is 5.89 Å². The van der Waals surface area contributed by atoms with Crippen molar-refractivity contribution in [3.05, 3.63) is 41.0 Å². The van der Waals surface area contributed by atoms with E-state index in [1.165, 1.54) is 0 Å². The minimum absolute atomic E-state index is 0.150. The molecule has 0 radical (unpaired) electrons. The van der Waals surface area contributed by atoms with Gasteiger partial charge >= 0.3 is 0 Å². The van der Waals surface area contributed by atoms with Crippen LogP contribution in [0.3, 0.4) is 0 Å². The molecule has 1 fully saturated rings. The quantitative estimate of drug-likeness (QED) is 0.733. The Morgan fingerprint density at radius 2 is 1.88 bits per heavy atom. The Morgan fingerprint density at radius 1 is 1.15 bits per heavy atom. The van der Waals surface area contributed by atoms with Gasteiger partial charge < -0.3 is 9.26 Å². The predicted octanol–water partition coefficient (Wildman–Crippen LogP) is 3.60. The summed E-state index contributed by atoms with van der Waals surface area (Å²) < 4.78 is 11.2. The lowest BCUT2D eigenvalue weighted by Crippen LogP contribution is -2.48. The molecule has 1 aromatic heterocycles. The maximum atomic E-state index is 6.11. The number of ether oxygens (including phenoxy) is 1. The van der Waals surface area contributed by atoms with Crippen molar-refractivity contribution in [3.8, 4) is 5.75 Å². The zero-order valence-electron chi connectivity index (χ0n) is 15.7. The highest BCUT2D eigenvalue weighted by atomic mass is 35.5. The molecule has 1 aliphatic heterocycles. The lowest BCUT2D eigenvalue weighted by molar-refractivity contribution is 0.0800. The second-order valence-corrected chi connectivity index (χ2v) is 7.39. The molecule has 142 valence electrons. The fourth-order valence-electron chi connectivity index (χ4n) is 3.03. The SMILES string of the molecule is CC(C)c1noc(C(C)N2CCN(CCOc3ccccc3Cl)CC2)n1. The summed E-state index contributed by atoms with van der Waals surface area (Å²) in [4.78, 5) is 9.33. The molecule has 0 N–H and O–H groups in total. The van der Waals surface area contributed by atoms with Crippen LogP contribution in [-0.4, -0.2) is 59.3 Å². The Bertz CT molecular complexity index is 698. The molecule has 0 saturated carbocycles. The monoisotopic (exact) mass is 378 g/mol. The maximum Gasteiger partial charge on any atom is 0.243 e. The van der Waals surface area contributed by atoms with Crippen molar-refractivity contribution in [1.29, 1.82) is 0 Å². The second kappa shape index (κ2) is 8.84. The van der Waals surface area contributed by atoms with E-state index >= 15 is 0 Å². The van der Waals surface area contributed by atoms with E-state index in [-0.39, 0.29) is 12.0 Å². The molecule has 2 heterocycles. The Balaban J connectivity index is 1.43. The number of halogens is 1. The number of benzene rings is 1. The number of rotatable bonds is 7. The number of hydrogen-bond acceptors (Lipinski definition) is 6. The van der Waals surface area contributed by atoms with E-state index in [2.05, 4.69) is 40.7 Å². The van der Waals surface area contributed by atoms with Crippen LogP contribution < -0.4 is 4.74 Å². The van der Waals surface area contributed by atoms with Gasteiger partial charge in [-0.25, -0.2) is 0 Å². The topological polar surface area (TPSA) is 54.6 Å². The van der Waals surface area contributed by atoms with E-state index in [0.29, 0.717) is 17.5 Å². The molecule has 1 atom stereocenters. The third-order valence-corrected chi connectivity index (χ3v) is 5.10. The third-order valence-electron chi connectivity index (χ3n) is 4.79. The van der Waals surface area contributed by atoms with Gasteiger partial charge in [0.1, 0.15) is 12.4 Å². The molecule has 26 heavy (non-hydrogen) atoms. The first-order valence-corrected chi connectivity index (χ1v) is 9.59. The molecule has 0 amide bonds. The molecule has 6 nitrogen and oxygen atoms in total. The lowest BCUT2D eigenvalue weighted by atomic mass is 10.2. The maximum absolute atomic E-state index is 6.11. The minimum Gasteiger partial charge on any atom is -0.491 e. The van der Waals surface area contributed by atoms with Gasteiger partial charge in [0.15, 0.2) is 5.82 Å². The summed E-state index contributed by atoms with van der Waals surface area (Å²) in [6.07, 6.45) is 0. The van der Waals surface area contributed by atoms with E-state index < -0.39 is 0 Å². The Kier molecular flexibility index (Phi) is 6.51. The van der Waals surface area contributed by atoms with Crippen LogP contribution in [0.2, 0.25) is 5.02 Å². The highest BCUT2D eigenvalue weighted by Gasteiger charge is 2.26. The largest absolute Gasteiger partial charge is 0.491 e. The first-order chi connectivity index (χ1) is 12.5. The summed E-state index contributed by atoms with van der Waals surface area (Å²) in [5.74, 6) is 2.53. The number of hydrogen-bond donors (Lipinski definition) is 0. The number of aromatic nitrogens is 2. The highest BCUT2D eigenvalue weighted by molar-refractivity contribution is 6.32. The Morgan fingerprint density at radius 3 is 2.54 bits per heavy atom. The van der Waals surface area contributed by atoms with E-state index in [0.717, 1.165) is 44.3 Å². The predicted molar refractivity (Wildman–Crippen MR) is 102 cm³/mol. The van der Waals surface area contributed by atoms with Crippen LogP contribution in [0.5, 0.6) is 5.75 Å². The van der Waals surface area contributed by atoms with E-state index in [4.69, 9.17) is 20.9 Å². The van der Waals surface area contributed by atoms with E-state index in [9.17, 15) is 0 Å². The lowest BCUT2D eigenvalue weighted by Gasteiger charge is -2.36. The van der Waals surface area contributed by atoms with Gasteiger partial charge in [0.25, 0.3) is 0 Å². The molecule has 0 spiro atoms. The van der Waals surface area contributed by atoms with Crippen LogP contribution in [0.15, 0.2) is 28.8 Å². The summed E-state index contributed by atoms with van der Waals surface area (Å²) >= 11 is 6.11. The average Bonchev–Trinajstić information content (AvgIpc) is 3.14. The van der Waals surface area contributed by atoms with Gasteiger partial charge in [-0.2, -0.15) is 4.98 Å². The van der Waals surface area contributed by atoms with Gasteiger partial charge in [-0.15, -0.1) is 0 Å². The van der Waals surface area contributed by atoms with Crippen molar-refractivity contribution in [3.63, 3.8) is 0 Å². The fraction of sp³-hybridized carbons (Fsp3) is 0.579. The molecule has 0 bridgehead atoms. The first kappa shape index (κ1) is 19.1. The van der Waals surface area contributed by atoms with Crippen LogP contribution in [0.25, 0.3) is 0 Å². The molecular formula is C19H27ClN4O2. The zero-order valence-corrected chi connectivity index (χ0v) is 16.4. The van der Waals surface area contributed by atoms with Crippen LogP contribution in [0, 0.1) is 0 Å². The number of piperazine rings is 1. The summed E-state index contributed by atoms with van der Waals surface area (Å²) in [7, 11) is 0. The molecular weight excluding hydrogens is 352 g/mol. The summed E-state index contributed by atoms with van der Waals surface area (Å²) in [6, 6.07) is 7.74. The van der Waals surface area contributed by atoms with Gasteiger partial charge in [0, 0.05) is 38.6 Å². The van der Waals surface area contributed by atoms with Crippen molar-refractivity contribution < 1.29 is 9.26 Å². The summed E-state index contributed by atoms with van der Waals surface area (Å²) in [5, 5.41) is 4.73. The van der Waals surface area contributed by atoms with Crippen LogP contribution in [0.1, 0.15) is 44.4 Å². The molecule has 2 aromatic rings.